The molecule has 0 aromatic rings. The highest BCUT2D eigenvalue weighted by Gasteiger charge is 2.29. The fraction of sp³-hybridized carbons (Fsp3) is 1.00. The third-order valence-electron chi connectivity index (χ3n) is 3.36. The first-order chi connectivity index (χ1) is 6.95. The Morgan fingerprint density at radius 1 is 0.867 bits per heavy atom. The van der Waals surface area contributed by atoms with Gasteiger partial charge < -0.3 is 4.57 Å². The smallest absolute Gasteiger partial charge is 0.0925 e. The predicted octanol–water partition coefficient (Wildman–Crippen LogP) is 5.14. The molecule has 0 saturated carbocycles. The Morgan fingerprint density at radius 3 is 1.73 bits per heavy atom. The first-order valence-corrected chi connectivity index (χ1v) is 8.56. The molecular weight excluding hydrogens is 203 g/mol. The fourth-order valence-corrected chi connectivity index (χ4v) is 5.02. The number of rotatable bonds is 8. The monoisotopic (exact) mass is 232 g/mol. The van der Waals surface area contributed by atoms with Crippen molar-refractivity contribution < 1.29 is 4.57 Å². The fourth-order valence-electron chi connectivity index (χ4n) is 2.08. The van der Waals surface area contributed by atoms with Gasteiger partial charge in [-0.05, 0) is 6.42 Å². The van der Waals surface area contributed by atoms with E-state index in [1.165, 1.54) is 25.7 Å². The van der Waals surface area contributed by atoms with Gasteiger partial charge in [-0.3, -0.25) is 0 Å². The second kappa shape index (κ2) is 7.49. The van der Waals surface area contributed by atoms with Gasteiger partial charge in [0.15, 0.2) is 0 Å². The van der Waals surface area contributed by atoms with Crippen LogP contribution in [0.5, 0.6) is 0 Å². The van der Waals surface area contributed by atoms with Crippen molar-refractivity contribution in [2.75, 3.05) is 6.16 Å². The third kappa shape index (κ3) is 5.20. The van der Waals surface area contributed by atoms with Gasteiger partial charge >= 0.3 is 0 Å². The zero-order chi connectivity index (χ0) is 11.9. The van der Waals surface area contributed by atoms with E-state index in [-0.39, 0.29) is 0 Å². The standard InChI is InChI=1S/C13H29OP/c1-6-7-8-9-10-11-15(14,12(2)3)13(4)5/h12-13H,6-11H2,1-5H3. The van der Waals surface area contributed by atoms with Crippen molar-refractivity contribution in [1.82, 2.24) is 0 Å². The van der Waals surface area contributed by atoms with Gasteiger partial charge in [0.05, 0.1) is 7.14 Å². The zero-order valence-corrected chi connectivity index (χ0v) is 12.1. The summed E-state index contributed by atoms with van der Waals surface area (Å²) in [7, 11) is -1.91. The molecule has 2 heteroatoms. The molecule has 0 radical (unpaired) electrons. The van der Waals surface area contributed by atoms with Crippen LogP contribution in [-0.2, 0) is 4.57 Å². The maximum absolute atomic E-state index is 12.6. The van der Waals surface area contributed by atoms with Gasteiger partial charge in [-0.25, -0.2) is 0 Å². The van der Waals surface area contributed by atoms with Crippen LogP contribution in [0.25, 0.3) is 0 Å². The van der Waals surface area contributed by atoms with E-state index in [0.29, 0.717) is 11.3 Å². The summed E-state index contributed by atoms with van der Waals surface area (Å²) in [5.74, 6) is 0. The molecule has 0 heterocycles. The summed E-state index contributed by atoms with van der Waals surface area (Å²) in [5, 5.41) is 0. The van der Waals surface area contributed by atoms with Crippen LogP contribution in [0.3, 0.4) is 0 Å². The third-order valence-corrected chi connectivity index (χ3v) is 7.87. The van der Waals surface area contributed by atoms with Crippen LogP contribution in [-0.4, -0.2) is 17.5 Å². The van der Waals surface area contributed by atoms with Crippen LogP contribution in [0.15, 0.2) is 0 Å². The SMILES string of the molecule is CCCCCCCP(=O)(C(C)C)C(C)C. The molecule has 0 unspecified atom stereocenters. The Morgan fingerprint density at radius 2 is 1.33 bits per heavy atom. The summed E-state index contributed by atoms with van der Waals surface area (Å²) in [6.45, 7) is 10.7. The lowest BCUT2D eigenvalue weighted by Gasteiger charge is -2.26. The number of hydrogen-bond acceptors (Lipinski definition) is 1. The molecule has 0 spiro atoms. The lowest BCUT2D eigenvalue weighted by Crippen LogP contribution is -2.11. The lowest BCUT2D eigenvalue weighted by atomic mass is 10.2. The van der Waals surface area contributed by atoms with Crippen LogP contribution in [0.1, 0.15) is 66.7 Å². The van der Waals surface area contributed by atoms with Gasteiger partial charge in [0.1, 0.15) is 0 Å². The van der Waals surface area contributed by atoms with Crippen molar-refractivity contribution >= 4 is 7.14 Å². The van der Waals surface area contributed by atoms with Crippen LogP contribution in [0, 0.1) is 0 Å². The predicted molar refractivity (Wildman–Crippen MR) is 71.5 cm³/mol. The first kappa shape index (κ1) is 15.2. The van der Waals surface area contributed by atoms with E-state index in [4.69, 9.17) is 0 Å². The normalized spacial score (nSPS) is 12.7. The average molecular weight is 232 g/mol. The molecule has 15 heavy (non-hydrogen) atoms. The van der Waals surface area contributed by atoms with Crippen LogP contribution in [0.4, 0.5) is 0 Å². The molecule has 0 rings (SSSR count). The van der Waals surface area contributed by atoms with E-state index in [0.717, 1.165) is 12.6 Å². The first-order valence-electron chi connectivity index (χ1n) is 6.53. The molecule has 0 fully saturated rings. The van der Waals surface area contributed by atoms with Crippen molar-refractivity contribution in [3.8, 4) is 0 Å². The minimum Gasteiger partial charge on any atom is -0.323 e. The molecule has 0 N–H and O–H groups in total. The molecule has 0 atom stereocenters. The largest absolute Gasteiger partial charge is 0.323 e. The van der Waals surface area contributed by atoms with E-state index in [9.17, 15) is 4.57 Å². The summed E-state index contributed by atoms with van der Waals surface area (Å²) in [6, 6.07) is 0. The summed E-state index contributed by atoms with van der Waals surface area (Å²) < 4.78 is 12.6. The van der Waals surface area contributed by atoms with Crippen molar-refractivity contribution in [2.45, 2.75) is 78.0 Å². The van der Waals surface area contributed by atoms with Gasteiger partial charge in [-0.15, -0.1) is 0 Å². The van der Waals surface area contributed by atoms with E-state index in [1.54, 1.807) is 0 Å². The summed E-state index contributed by atoms with van der Waals surface area (Å²) in [4.78, 5) is 0. The Hall–Kier alpha value is 0.230. The molecule has 92 valence electrons. The topological polar surface area (TPSA) is 17.1 Å². The maximum atomic E-state index is 12.6. The van der Waals surface area contributed by atoms with Crippen LogP contribution < -0.4 is 0 Å². The molecule has 1 nitrogen and oxygen atoms in total. The van der Waals surface area contributed by atoms with E-state index in [1.807, 2.05) is 0 Å². The van der Waals surface area contributed by atoms with Gasteiger partial charge in [0.25, 0.3) is 0 Å². The summed E-state index contributed by atoms with van der Waals surface area (Å²) >= 11 is 0. The maximum Gasteiger partial charge on any atom is 0.0925 e. The summed E-state index contributed by atoms with van der Waals surface area (Å²) in [5.41, 5.74) is 0.729. The Kier molecular flexibility index (Phi) is 7.61. The van der Waals surface area contributed by atoms with E-state index < -0.39 is 7.14 Å². The quantitative estimate of drug-likeness (QED) is 0.418. The van der Waals surface area contributed by atoms with Gasteiger partial charge in [-0.1, -0.05) is 60.3 Å². The molecule has 0 aromatic heterocycles. The zero-order valence-electron chi connectivity index (χ0n) is 11.3. The molecule has 0 saturated heterocycles. The molecule has 0 amide bonds. The lowest BCUT2D eigenvalue weighted by molar-refractivity contribution is 0.555. The van der Waals surface area contributed by atoms with Gasteiger partial charge in [0.2, 0.25) is 0 Å². The van der Waals surface area contributed by atoms with Crippen molar-refractivity contribution in [3.05, 3.63) is 0 Å². The summed E-state index contributed by atoms with van der Waals surface area (Å²) in [6.07, 6.45) is 7.31. The highest BCUT2D eigenvalue weighted by molar-refractivity contribution is 7.65. The van der Waals surface area contributed by atoms with E-state index in [2.05, 4.69) is 34.6 Å². The van der Waals surface area contributed by atoms with Crippen molar-refractivity contribution in [2.24, 2.45) is 0 Å². The minimum absolute atomic E-state index is 0.365. The van der Waals surface area contributed by atoms with Gasteiger partial charge in [-0.2, -0.15) is 0 Å². The van der Waals surface area contributed by atoms with E-state index >= 15 is 0 Å². The minimum atomic E-state index is -1.91. The average Bonchev–Trinajstić information content (AvgIpc) is 2.16. The van der Waals surface area contributed by atoms with Crippen LogP contribution >= 0.6 is 7.14 Å². The molecular formula is C13H29OP. The van der Waals surface area contributed by atoms with Crippen molar-refractivity contribution in [1.29, 1.82) is 0 Å². The van der Waals surface area contributed by atoms with Crippen LogP contribution in [0.2, 0.25) is 0 Å². The second-order valence-corrected chi connectivity index (χ2v) is 9.40. The van der Waals surface area contributed by atoms with Crippen molar-refractivity contribution in [3.63, 3.8) is 0 Å². The molecule has 0 bridgehead atoms. The Bertz CT molecular complexity index is 185. The molecule has 0 aliphatic carbocycles. The molecule has 0 aliphatic rings. The highest BCUT2D eigenvalue weighted by atomic mass is 31.2. The second-order valence-electron chi connectivity index (χ2n) is 5.18. The number of hydrogen-bond donors (Lipinski definition) is 0. The molecule has 0 aromatic carbocycles. The van der Waals surface area contributed by atoms with Gasteiger partial charge in [0, 0.05) is 17.5 Å². The highest BCUT2D eigenvalue weighted by Crippen LogP contribution is 2.55. The number of unbranched alkanes of at least 4 members (excludes halogenated alkanes) is 4. The Labute approximate surface area is 96.4 Å². The molecule has 0 aliphatic heterocycles. The Balaban J connectivity index is 3.94.